The molecule has 0 saturated carbocycles. The van der Waals surface area contributed by atoms with Crippen LogP contribution in [-0.2, 0) is 9.47 Å². The number of carbonyl (C=O) groups is 2. The van der Waals surface area contributed by atoms with Gasteiger partial charge < -0.3 is 9.47 Å². The molecule has 0 aromatic rings. The minimum absolute atomic E-state index is 0.0928. The summed E-state index contributed by atoms with van der Waals surface area (Å²) in [4.78, 5) is 25.3. The summed E-state index contributed by atoms with van der Waals surface area (Å²) in [5.41, 5.74) is 0. The SMILES string of the molecule is CCOC(=O)/N=C(\CS)NC(=O)OCC. The van der Waals surface area contributed by atoms with Gasteiger partial charge >= 0.3 is 12.2 Å². The van der Waals surface area contributed by atoms with Gasteiger partial charge in [0.05, 0.1) is 13.2 Å². The Morgan fingerprint density at radius 1 is 1.27 bits per heavy atom. The smallest absolute Gasteiger partial charge is 0.435 e. The van der Waals surface area contributed by atoms with Crippen LogP contribution in [0.5, 0.6) is 0 Å². The third-order valence-electron chi connectivity index (χ3n) is 1.17. The Kier molecular flexibility index (Phi) is 7.43. The number of nitrogens with zero attached hydrogens (tertiary/aromatic N) is 1. The molecule has 0 spiro atoms. The molecule has 0 aliphatic heterocycles. The lowest BCUT2D eigenvalue weighted by atomic mass is 10.6. The molecule has 0 fully saturated rings. The zero-order chi connectivity index (χ0) is 11.7. The molecule has 0 unspecified atom stereocenters. The number of amidine groups is 1. The highest BCUT2D eigenvalue weighted by molar-refractivity contribution is 7.81. The molecule has 0 radical (unpaired) electrons. The van der Waals surface area contributed by atoms with Crippen molar-refractivity contribution < 1.29 is 19.1 Å². The maximum Gasteiger partial charge on any atom is 0.435 e. The van der Waals surface area contributed by atoms with Crippen LogP contribution in [-0.4, -0.2) is 37.0 Å². The zero-order valence-electron chi connectivity index (χ0n) is 8.65. The van der Waals surface area contributed by atoms with Gasteiger partial charge in [-0.2, -0.15) is 17.6 Å². The summed E-state index contributed by atoms with van der Waals surface area (Å²) in [5, 5.41) is 2.27. The lowest BCUT2D eigenvalue weighted by Crippen LogP contribution is -2.33. The summed E-state index contributed by atoms with van der Waals surface area (Å²) in [7, 11) is 0. The number of rotatable bonds is 3. The fourth-order valence-electron chi connectivity index (χ4n) is 0.654. The summed E-state index contributed by atoms with van der Waals surface area (Å²) in [6.07, 6.45) is -1.44. The minimum Gasteiger partial charge on any atom is -0.450 e. The van der Waals surface area contributed by atoms with E-state index in [0.29, 0.717) is 0 Å². The average Bonchev–Trinajstić information content (AvgIpc) is 2.17. The number of thiol groups is 1. The van der Waals surface area contributed by atoms with Crippen molar-refractivity contribution in [3.63, 3.8) is 0 Å². The van der Waals surface area contributed by atoms with Gasteiger partial charge in [-0.3, -0.25) is 5.32 Å². The number of hydrogen-bond donors (Lipinski definition) is 2. The van der Waals surface area contributed by atoms with E-state index >= 15 is 0 Å². The summed E-state index contributed by atoms with van der Waals surface area (Å²) in [6, 6.07) is 0. The van der Waals surface area contributed by atoms with Crippen LogP contribution >= 0.6 is 12.6 Å². The molecule has 1 N–H and O–H groups in total. The van der Waals surface area contributed by atoms with Gasteiger partial charge in [0.2, 0.25) is 0 Å². The van der Waals surface area contributed by atoms with Crippen molar-refractivity contribution in [3.8, 4) is 0 Å². The maximum absolute atomic E-state index is 11.0. The third kappa shape index (κ3) is 6.78. The van der Waals surface area contributed by atoms with E-state index in [1.807, 2.05) is 0 Å². The Balaban J connectivity index is 4.22. The summed E-state index contributed by atoms with van der Waals surface area (Å²) in [6.45, 7) is 3.79. The topological polar surface area (TPSA) is 77.0 Å². The number of amides is 2. The molecule has 0 aromatic carbocycles. The van der Waals surface area contributed by atoms with Crippen molar-refractivity contribution in [2.45, 2.75) is 13.8 Å². The normalized spacial score (nSPS) is 10.7. The largest absolute Gasteiger partial charge is 0.450 e. The van der Waals surface area contributed by atoms with Gasteiger partial charge in [0, 0.05) is 5.75 Å². The highest BCUT2D eigenvalue weighted by atomic mass is 32.1. The molecule has 6 nitrogen and oxygen atoms in total. The van der Waals surface area contributed by atoms with E-state index < -0.39 is 12.2 Å². The first-order valence-corrected chi connectivity index (χ1v) is 5.06. The van der Waals surface area contributed by atoms with Crippen LogP contribution in [0.4, 0.5) is 9.59 Å². The Morgan fingerprint density at radius 3 is 2.33 bits per heavy atom. The molecular formula is C8H14N2O4S. The average molecular weight is 234 g/mol. The van der Waals surface area contributed by atoms with Gasteiger partial charge in [-0.15, -0.1) is 0 Å². The van der Waals surface area contributed by atoms with Crippen LogP contribution in [0.3, 0.4) is 0 Å². The van der Waals surface area contributed by atoms with Crippen molar-refractivity contribution in [1.29, 1.82) is 0 Å². The fourth-order valence-corrected chi connectivity index (χ4v) is 0.804. The predicted molar refractivity (Wildman–Crippen MR) is 58.5 cm³/mol. The molecule has 0 aromatic heterocycles. The molecule has 15 heavy (non-hydrogen) atoms. The van der Waals surface area contributed by atoms with Crippen molar-refractivity contribution in [2.24, 2.45) is 4.99 Å². The number of alkyl carbamates (subject to hydrolysis) is 1. The maximum atomic E-state index is 11.0. The number of hydrogen-bond acceptors (Lipinski definition) is 5. The number of carbonyl (C=O) groups excluding carboxylic acids is 2. The minimum atomic E-state index is -0.765. The molecule has 0 bridgehead atoms. The Morgan fingerprint density at radius 2 is 1.87 bits per heavy atom. The molecule has 86 valence electrons. The van der Waals surface area contributed by atoms with Crippen LogP contribution in [0, 0.1) is 0 Å². The molecule has 0 aliphatic rings. The van der Waals surface area contributed by atoms with Crippen LogP contribution in [0.15, 0.2) is 4.99 Å². The molecule has 7 heteroatoms. The molecular weight excluding hydrogens is 220 g/mol. The summed E-state index contributed by atoms with van der Waals surface area (Å²) >= 11 is 3.89. The van der Waals surface area contributed by atoms with E-state index in [4.69, 9.17) is 0 Å². The van der Waals surface area contributed by atoms with Crippen molar-refractivity contribution in [3.05, 3.63) is 0 Å². The first-order chi connectivity index (χ1) is 7.13. The molecule has 2 amide bonds. The van der Waals surface area contributed by atoms with E-state index in [1.165, 1.54) is 0 Å². The van der Waals surface area contributed by atoms with E-state index in [9.17, 15) is 9.59 Å². The van der Waals surface area contributed by atoms with E-state index in [-0.39, 0.29) is 24.8 Å². The Hall–Kier alpha value is -1.24. The monoisotopic (exact) mass is 234 g/mol. The van der Waals surface area contributed by atoms with E-state index in [2.05, 4.69) is 32.4 Å². The van der Waals surface area contributed by atoms with Crippen LogP contribution < -0.4 is 5.32 Å². The van der Waals surface area contributed by atoms with Gasteiger partial charge in [0.1, 0.15) is 5.84 Å². The van der Waals surface area contributed by atoms with Crippen LogP contribution in [0.25, 0.3) is 0 Å². The molecule has 0 aliphatic carbocycles. The molecule has 0 heterocycles. The number of ether oxygens (including phenoxy) is 2. The van der Waals surface area contributed by atoms with Crippen molar-refractivity contribution >= 4 is 30.7 Å². The molecule has 0 rings (SSSR count). The highest BCUT2D eigenvalue weighted by Gasteiger charge is 2.07. The fraction of sp³-hybridized carbons (Fsp3) is 0.625. The van der Waals surface area contributed by atoms with Gasteiger partial charge in [0.15, 0.2) is 0 Å². The van der Waals surface area contributed by atoms with Crippen LogP contribution in [0.1, 0.15) is 13.8 Å². The lowest BCUT2D eigenvalue weighted by molar-refractivity contribution is 0.157. The highest BCUT2D eigenvalue weighted by Crippen LogP contribution is 1.88. The van der Waals surface area contributed by atoms with Crippen molar-refractivity contribution in [2.75, 3.05) is 19.0 Å². The zero-order valence-corrected chi connectivity index (χ0v) is 9.54. The Labute approximate surface area is 93.4 Å². The number of nitrogens with one attached hydrogen (secondary N) is 1. The van der Waals surface area contributed by atoms with Gasteiger partial charge in [0.25, 0.3) is 0 Å². The lowest BCUT2D eigenvalue weighted by Gasteiger charge is -2.05. The van der Waals surface area contributed by atoms with Gasteiger partial charge in [-0.05, 0) is 13.8 Å². The summed E-state index contributed by atoms with van der Waals surface area (Å²) < 4.78 is 9.16. The second-order valence-electron chi connectivity index (χ2n) is 2.26. The second-order valence-corrected chi connectivity index (χ2v) is 2.58. The molecule has 0 saturated heterocycles. The predicted octanol–water partition coefficient (Wildman–Crippen LogP) is 1.22. The van der Waals surface area contributed by atoms with E-state index in [0.717, 1.165) is 0 Å². The summed E-state index contributed by atoms with van der Waals surface area (Å²) in [5.74, 6) is 0.202. The standard InChI is InChI=1S/C8H14N2O4S/c1-3-13-7(11)9-6(5-15)10-8(12)14-4-2/h15H,3-5H2,1-2H3,(H,9,10,11,12). The first kappa shape index (κ1) is 13.8. The van der Waals surface area contributed by atoms with Crippen LogP contribution in [0.2, 0.25) is 0 Å². The Bertz CT molecular complexity index is 255. The third-order valence-corrected chi connectivity index (χ3v) is 1.47. The van der Waals surface area contributed by atoms with Gasteiger partial charge in [-0.25, -0.2) is 9.59 Å². The molecule has 0 atom stereocenters. The number of aliphatic imine (C=N–C) groups is 1. The van der Waals surface area contributed by atoms with Gasteiger partial charge in [-0.1, -0.05) is 0 Å². The van der Waals surface area contributed by atoms with Crippen molar-refractivity contribution in [1.82, 2.24) is 5.32 Å². The quantitative estimate of drug-likeness (QED) is 0.437. The second kappa shape index (κ2) is 8.10. The first-order valence-electron chi connectivity index (χ1n) is 4.43. The van der Waals surface area contributed by atoms with E-state index in [1.54, 1.807) is 13.8 Å².